The highest BCUT2D eigenvalue weighted by Gasteiger charge is 2.05. The van der Waals surface area contributed by atoms with Gasteiger partial charge in [0.2, 0.25) is 0 Å². The Morgan fingerprint density at radius 3 is 2.65 bits per heavy atom. The SMILES string of the molecule is CC/C=C(\C=C(C)C)c1ccc2cc(F)c(C)cc2n1. The van der Waals surface area contributed by atoms with Crippen molar-refractivity contribution in [3.8, 4) is 0 Å². The van der Waals surface area contributed by atoms with E-state index in [0.29, 0.717) is 5.56 Å². The fraction of sp³-hybridized carbons (Fsp3) is 0.278. The van der Waals surface area contributed by atoms with Crippen LogP contribution in [0, 0.1) is 12.7 Å². The Bertz CT molecular complexity index is 692. The second kappa shape index (κ2) is 6.00. The molecule has 0 bridgehead atoms. The normalized spacial score (nSPS) is 11.8. The highest BCUT2D eigenvalue weighted by molar-refractivity contribution is 5.83. The Balaban J connectivity index is 2.57. The number of aryl methyl sites for hydroxylation is 1. The maximum absolute atomic E-state index is 13.6. The van der Waals surface area contributed by atoms with Crippen LogP contribution in [0.1, 0.15) is 38.4 Å². The smallest absolute Gasteiger partial charge is 0.126 e. The number of hydrogen-bond acceptors (Lipinski definition) is 1. The van der Waals surface area contributed by atoms with E-state index in [0.717, 1.165) is 28.6 Å². The van der Waals surface area contributed by atoms with Gasteiger partial charge in [0.05, 0.1) is 11.2 Å². The van der Waals surface area contributed by atoms with Gasteiger partial charge >= 0.3 is 0 Å². The number of nitrogens with zero attached hydrogens (tertiary/aromatic N) is 1. The zero-order valence-corrected chi connectivity index (χ0v) is 12.5. The van der Waals surface area contributed by atoms with Gasteiger partial charge in [-0.15, -0.1) is 0 Å². The summed E-state index contributed by atoms with van der Waals surface area (Å²) in [6, 6.07) is 7.24. The van der Waals surface area contributed by atoms with Gasteiger partial charge in [0, 0.05) is 5.39 Å². The predicted molar refractivity (Wildman–Crippen MR) is 84.1 cm³/mol. The number of rotatable bonds is 3. The van der Waals surface area contributed by atoms with Crippen molar-refractivity contribution < 1.29 is 4.39 Å². The van der Waals surface area contributed by atoms with E-state index in [-0.39, 0.29) is 5.82 Å². The van der Waals surface area contributed by atoms with Crippen molar-refractivity contribution in [3.63, 3.8) is 0 Å². The molecule has 0 saturated heterocycles. The van der Waals surface area contributed by atoms with Crippen molar-refractivity contribution in [3.05, 3.63) is 59.1 Å². The Morgan fingerprint density at radius 1 is 1.25 bits per heavy atom. The fourth-order valence-electron chi connectivity index (χ4n) is 2.18. The number of fused-ring (bicyclic) bond motifs is 1. The Morgan fingerprint density at radius 2 is 2.00 bits per heavy atom. The van der Waals surface area contributed by atoms with Crippen LogP contribution in [-0.2, 0) is 0 Å². The van der Waals surface area contributed by atoms with Gasteiger partial charge in [-0.1, -0.05) is 30.7 Å². The molecule has 1 aromatic carbocycles. The van der Waals surface area contributed by atoms with Crippen molar-refractivity contribution in [1.82, 2.24) is 4.98 Å². The lowest BCUT2D eigenvalue weighted by Crippen LogP contribution is -1.91. The quantitative estimate of drug-likeness (QED) is 0.676. The predicted octanol–water partition coefficient (Wildman–Crippen LogP) is 5.44. The standard InChI is InChI=1S/C18H20FN/c1-5-6-14(9-12(2)3)17-8-7-15-11-16(19)13(4)10-18(15)20-17/h6-11H,5H2,1-4H3/b14-6+. The maximum Gasteiger partial charge on any atom is 0.126 e. The third-order valence-corrected chi connectivity index (χ3v) is 3.13. The zero-order chi connectivity index (χ0) is 14.7. The van der Waals surface area contributed by atoms with Crippen LogP contribution >= 0.6 is 0 Å². The van der Waals surface area contributed by atoms with Crippen LogP contribution in [0.15, 0.2) is 42.0 Å². The van der Waals surface area contributed by atoms with Gasteiger partial charge in [0.15, 0.2) is 0 Å². The summed E-state index contributed by atoms with van der Waals surface area (Å²) in [4.78, 5) is 4.67. The van der Waals surface area contributed by atoms with E-state index in [9.17, 15) is 4.39 Å². The molecule has 0 aliphatic rings. The Kier molecular flexibility index (Phi) is 4.33. The molecular formula is C18H20FN. The third kappa shape index (κ3) is 3.13. The van der Waals surface area contributed by atoms with Crippen molar-refractivity contribution in [2.45, 2.75) is 34.1 Å². The second-order valence-electron chi connectivity index (χ2n) is 5.28. The molecule has 0 aliphatic carbocycles. The van der Waals surface area contributed by atoms with E-state index in [1.807, 2.05) is 12.1 Å². The molecule has 0 amide bonds. The molecule has 2 rings (SSSR count). The minimum absolute atomic E-state index is 0.180. The summed E-state index contributed by atoms with van der Waals surface area (Å²) in [6.07, 6.45) is 5.26. The van der Waals surface area contributed by atoms with Crippen LogP contribution in [0.5, 0.6) is 0 Å². The molecule has 0 saturated carbocycles. The maximum atomic E-state index is 13.6. The van der Waals surface area contributed by atoms with Crippen LogP contribution in [0.25, 0.3) is 16.5 Å². The van der Waals surface area contributed by atoms with Crippen molar-refractivity contribution in [1.29, 1.82) is 0 Å². The summed E-state index contributed by atoms with van der Waals surface area (Å²) < 4.78 is 13.6. The highest BCUT2D eigenvalue weighted by Crippen LogP contribution is 2.22. The van der Waals surface area contributed by atoms with E-state index in [4.69, 9.17) is 0 Å². The second-order valence-corrected chi connectivity index (χ2v) is 5.28. The van der Waals surface area contributed by atoms with Crippen LogP contribution < -0.4 is 0 Å². The first-order valence-electron chi connectivity index (χ1n) is 6.93. The van der Waals surface area contributed by atoms with Crippen molar-refractivity contribution in [2.75, 3.05) is 0 Å². The summed E-state index contributed by atoms with van der Waals surface area (Å²) in [6.45, 7) is 8.02. The largest absolute Gasteiger partial charge is 0.248 e. The lowest BCUT2D eigenvalue weighted by molar-refractivity contribution is 0.620. The lowest BCUT2D eigenvalue weighted by Gasteiger charge is -2.06. The molecule has 0 N–H and O–H groups in total. The molecule has 104 valence electrons. The molecule has 0 spiro atoms. The molecule has 20 heavy (non-hydrogen) atoms. The number of pyridine rings is 1. The summed E-state index contributed by atoms with van der Waals surface area (Å²) in [5.41, 5.74) is 4.76. The number of allylic oxidation sites excluding steroid dienone is 4. The fourth-order valence-corrected chi connectivity index (χ4v) is 2.18. The van der Waals surface area contributed by atoms with Crippen LogP contribution in [0.3, 0.4) is 0 Å². The molecule has 0 radical (unpaired) electrons. The molecule has 0 aliphatic heterocycles. The van der Waals surface area contributed by atoms with Crippen LogP contribution in [-0.4, -0.2) is 4.98 Å². The number of benzene rings is 1. The molecule has 2 heteroatoms. The Hall–Kier alpha value is -1.96. The lowest BCUT2D eigenvalue weighted by atomic mass is 10.1. The molecular weight excluding hydrogens is 249 g/mol. The van der Waals surface area contributed by atoms with Gasteiger partial charge in [-0.3, -0.25) is 0 Å². The van der Waals surface area contributed by atoms with Gasteiger partial charge < -0.3 is 0 Å². The molecule has 0 unspecified atom stereocenters. The van der Waals surface area contributed by atoms with E-state index in [1.54, 1.807) is 19.1 Å². The van der Waals surface area contributed by atoms with Gasteiger partial charge in [-0.2, -0.15) is 0 Å². The van der Waals surface area contributed by atoms with Crippen molar-refractivity contribution >= 4 is 16.5 Å². The zero-order valence-electron chi connectivity index (χ0n) is 12.5. The third-order valence-electron chi connectivity index (χ3n) is 3.13. The van der Waals surface area contributed by atoms with E-state index in [2.05, 4.69) is 37.9 Å². The highest BCUT2D eigenvalue weighted by atomic mass is 19.1. The summed E-state index contributed by atoms with van der Waals surface area (Å²) in [5, 5.41) is 0.838. The first kappa shape index (κ1) is 14.4. The van der Waals surface area contributed by atoms with E-state index < -0.39 is 0 Å². The van der Waals surface area contributed by atoms with Gasteiger partial charge in [0.1, 0.15) is 5.82 Å². The topological polar surface area (TPSA) is 12.9 Å². The number of aromatic nitrogens is 1. The van der Waals surface area contributed by atoms with Gasteiger partial charge in [0.25, 0.3) is 0 Å². The minimum Gasteiger partial charge on any atom is -0.248 e. The first-order chi connectivity index (χ1) is 9.51. The number of halogens is 1. The average molecular weight is 269 g/mol. The van der Waals surface area contributed by atoms with Gasteiger partial charge in [-0.25, -0.2) is 9.37 Å². The van der Waals surface area contributed by atoms with E-state index >= 15 is 0 Å². The van der Waals surface area contributed by atoms with Crippen molar-refractivity contribution in [2.24, 2.45) is 0 Å². The molecule has 2 aromatic rings. The summed E-state index contributed by atoms with van der Waals surface area (Å²) in [7, 11) is 0. The molecule has 1 nitrogen and oxygen atoms in total. The van der Waals surface area contributed by atoms with Crippen LogP contribution in [0.4, 0.5) is 4.39 Å². The first-order valence-corrected chi connectivity index (χ1v) is 6.93. The van der Waals surface area contributed by atoms with Gasteiger partial charge in [-0.05, 0) is 56.5 Å². The molecule has 1 heterocycles. The summed E-state index contributed by atoms with van der Waals surface area (Å²) in [5.74, 6) is -0.180. The average Bonchev–Trinajstić information content (AvgIpc) is 2.38. The Labute approximate surface area is 119 Å². The molecule has 0 fully saturated rings. The van der Waals surface area contributed by atoms with E-state index in [1.165, 1.54) is 5.57 Å². The summed E-state index contributed by atoms with van der Waals surface area (Å²) >= 11 is 0. The molecule has 0 atom stereocenters. The minimum atomic E-state index is -0.180. The van der Waals surface area contributed by atoms with Crippen LogP contribution in [0.2, 0.25) is 0 Å². The number of hydrogen-bond donors (Lipinski definition) is 0. The monoisotopic (exact) mass is 269 g/mol. The molecule has 1 aromatic heterocycles.